The Hall–Kier alpha value is -0.340. The minimum absolute atomic E-state index is 0.209. The first kappa shape index (κ1) is 7.76. The monoisotopic (exact) mass is 141 g/mol. The van der Waals surface area contributed by atoms with E-state index in [1.54, 1.807) is 0 Å². The van der Waals surface area contributed by atoms with E-state index in [0.29, 0.717) is 0 Å². The number of aliphatic hydroxyl groups is 1. The van der Waals surface area contributed by atoms with Crippen molar-refractivity contribution in [1.82, 2.24) is 5.32 Å². The predicted molar refractivity (Wildman–Crippen MR) is 41.8 cm³/mol. The third kappa shape index (κ3) is 1.82. The van der Waals surface area contributed by atoms with E-state index in [0.717, 1.165) is 13.0 Å². The number of nitrogens with one attached hydrogen (secondary N) is 1. The molecule has 0 aromatic carbocycles. The highest BCUT2D eigenvalue weighted by Gasteiger charge is 2.15. The summed E-state index contributed by atoms with van der Waals surface area (Å²) in [5.74, 6) is 0. The SMILES string of the molecule is CC1=CCN[C@H](C)[C@H](O)C1. The first-order valence-corrected chi connectivity index (χ1v) is 3.77. The van der Waals surface area contributed by atoms with Gasteiger partial charge in [-0.25, -0.2) is 0 Å². The molecule has 0 aromatic heterocycles. The third-order valence-corrected chi connectivity index (χ3v) is 2.00. The number of rotatable bonds is 0. The van der Waals surface area contributed by atoms with Crippen LogP contribution in [-0.4, -0.2) is 23.8 Å². The fourth-order valence-corrected chi connectivity index (χ4v) is 1.15. The van der Waals surface area contributed by atoms with Crippen molar-refractivity contribution in [3.05, 3.63) is 11.6 Å². The lowest BCUT2D eigenvalue weighted by Crippen LogP contribution is -2.35. The molecule has 1 aliphatic heterocycles. The van der Waals surface area contributed by atoms with Gasteiger partial charge in [0.1, 0.15) is 0 Å². The van der Waals surface area contributed by atoms with Gasteiger partial charge in [-0.2, -0.15) is 0 Å². The quantitative estimate of drug-likeness (QED) is 0.486. The van der Waals surface area contributed by atoms with E-state index in [1.807, 2.05) is 6.92 Å². The average molecular weight is 141 g/mol. The first-order chi connectivity index (χ1) is 4.70. The van der Waals surface area contributed by atoms with Gasteiger partial charge in [-0.1, -0.05) is 11.6 Å². The van der Waals surface area contributed by atoms with Gasteiger partial charge in [0.15, 0.2) is 0 Å². The van der Waals surface area contributed by atoms with Crippen LogP contribution < -0.4 is 5.32 Å². The minimum atomic E-state index is -0.209. The first-order valence-electron chi connectivity index (χ1n) is 3.77. The van der Waals surface area contributed by atoms with Gasteiger partial charge in [-0.3, -0.25) is 0 Å². The Bertz CT molecular complexity index is 142. The van der Waals surface area contributed by atoms with Crippen LogP contribution in [0, 0.1) is 0 Å². The molecule has 10 heavy (non-hydrogen) atoms. The molecule has 1 heterocycles. The zero-order valence-electron chi connectivity index (χ0n) is 6.59. The predicted octanol–water partition coefficient (Wildman–Crippen LogP) is 0.675. The van der Waals surface area contributed by atoms with Gasteiger partial charge in [0.2, 0.25) is 0 Å². The van der Waals surface area contributed by atoms with Crippen LogP contribution in [0.15, 0.2) is 11.6 Å². The fourth-order valence-electron chi connectivity index (χ4n) is 1.15. The van der Waals surface area contributed by atoms with Crippen molar-refractivity contribution >= 4 is 0 Å². The normalized spacial score (nSPS) is 34.9. The molecule has 0 amide bonds. The van der Waals surface area contributed by atoms with Crippen molar-refractivity contribution in [2.45, 2.75) is 32.4 Å². The second kappa shape index (κ2) is 3.17. The third-order valence-electron chi connectivity index (χ3n) is 2.00. The van der Waals surface area contributed by atoms with E-state index in [1.165, 1.54) is 5.57 Å². The molecule has 0 aromatic rings. The molecule has 0 unspecified atom stereocenters. The van der Waals surface area contributed by atoms with E-state index in [2.05, 4.69) is 18.3 Å². The smallest absolute Gasteiger partial charge is 0.0727 e. The van der Waals surface area contributed by atoms with E-state index >= 15 is 0 Å². The molecule has 1 aliphatic rings. The molecule has 0 saturated carbocycles. The maximum atomic E-state index is 9.42. The molecular weight excluding hydrogens is 126 g/mol. The highest BCUT2D eigenvalue weighted by Crippen LogP contribution is 2.10. The van der Waals surface area contributed by atoms with Crippen LogP contribution in [0.3, 0.4) is 0 Å². The summed E-state index contributed by atoms with van der Waals surface area (Å²) in [6.07, 6.45) is 2.74. The number of hydrogen-bond acceptors (Lipinski definition) is 2. The minimum Gasteiger partial charge on any atom is -0.391 e. The Labute approximate surface area is 61.9 Å². The summed E-state index contributed by atoms with van der Waals surface area (Å²) >= 11 is 0. The standard InChI is InChI=1S/C8H15NO/c1-6-3-4-9-7(2)8(10)5-6/h3,7-10H,4-5H2,1-2H3/t7-,8-/m1/s1. The second-order valence-electron chi connectivity index (χ2n) is 3.02. The van der Waals surface area contributed by atoms with Gasteiger partial charge in [-0.15, -0.1) is 0 Å². The Morgan fingerprint density at radius 3 is 3.10 bits per heavy atom. The van der Waals surface area contributed by atoms with Gasteiger partial charge in [0, 0.05) is 12.6 Å². The molecule has 0 fully saturated rings. The van der Waals surface area contributed by atoms with Crippen LogP contribution in [0.25, 0.3) is 0 Å². The average Bonchev–Trinajstić information content (AvgIpc) is 1.96. The van der Waals surface area contributed by atoms with E-state index < -0.39 is 0 Å². The molecule has 0 saturated heterocycles. The highest BCUT2D eigenvalue weighted by atomic mass is 16.3. The molecular formula is C8H15NO. The van der Waals surface area contributed by atoms with E-state index in [9.17, 15) is 5.11 Å². The van der Waals surface area contributed by atoms with Crippen LogP contribution in [-0.2, 0) is 0 Å². The molecule has 2 nitrogen and oxygen atoms in total. The maximum absolute atomic E-state index is 9.42. The van der Waals surface area contributed by atoms with Crippen molar-refractivity contribution in [1.29, 1.82) is 0 Å². The second-order valence-corrected chi connectivity index (χ2v) is 3.02. The van der Waals surface area contributed by atoms with Crippen LogP contribution in [0.1, 0.15) is 20.3 Å². The summed E-state index contributed by atoms with van der Waals surface area (Å²) in [6, 6.07) is 0.230. The van der Waals surface area contributed by atoms with Crippen LogP contribution >= 0.6 is 0 Å². The molecule has 58 valence electrons. The van der Waals surface area contributed by atoms with Crippen LogP contribution in [0.5, 0.6) is 0 Å². The molecule has 0 bridgehead atoms. The summed E-state index contributed by atoms with van der Waals surface area (Å²) in [6.45, 7) is 4.96. The Kier molecular flexibility index (Phi) is 2.46. The molecule has 1 rings (SSSR count). The van der Waals surface area contributed by atoms with Gasteiger partial charge < -0.3 is 10.4 Å². The Balaban J connectivity index is 2.53. The summed E-state index contributed by atoms with van der Waals surface area (Å²) in [4.78, 5) is 0. The van der Waals surface area contributed by atoms with Crippen LogP contribution in [0.4, 0.5) is 0 Å². The van der Waals surface area contributed by atoms with Crippen molar-refractivity contribution in [2.24, 2.45) is 0 Å². The van der Waals surface area contributed by atoms with Crippen molar-refractivity contribution in [2.75, 3.05) is 6.54 Å². The molecule has 2 N–H and O–H groups in total. The topological polar surface area (TPSA) is 32.3 Å². The highest BCUT2D eigenvalue weighted by molar-refractivity contribution is 5.04. The van der Waals surface area contributed by atoms with Crippen molar-refractivity contribution in [3.8, 4) is 0 Å². The molecule has 0 spiro atoms. The van der Waals surface area contributed by atoms with Crippen LogP contribution in [0.2, 0.25) is 0 Å². The summed E-state index contributed by atoms with van der Waals surface area (Å²) in [5.41, 5.74) is 1.28. The zero-order chi connectivity index (χ0) is 7.56. The lowest BCUT2D eigenvalue weighted by molar-refractivity contribution is 0.139. The van der Waals surface area contributed by atoms with Gasteiger partial charge in [0.05, 0.1) is 6.10 Å². The van der Waals surface area contributed by atoms with Gasteiger partial charge in [0.25, 0.3) is 0 Å². The lowest BCUT2D eigenvalue weighted by Gasteiger charge is -2.16. The number of hydrogen-bond donors (Lipinski definition) is 2. The molecule has 0 aliphatic carbocycles. The summed E-state index contributed by atoms with van der Waals surface area (Å²) in [5, 5.41) is 12.6. The summed E-state index contributed by atoms with van der Waals surface area (Å²) in [7, 11) is 0. The summed E-state index contributed by atoms with van der Waals surface area (Å²) < 4.78 is 0. The molecule has 2 heteroatoms. The van der Waals surface area contributed by atoms with Gasteiger partial charge in [-0.05, 0) is 20.3 Å². The molecule has 2 atom stereocenters. The van der Waals surface area contributed by atoms with Crippen molar-refractivity contribution < 1.29 is 5.11 Å². The van der Waals surface area contributed by atoms with Crippen molar-refractivity contribution in [3.63, 3.8) is 0 Å². The van der Waals surface area contributed by atoms with Gasteiger partial charge >= 0.3 is 0 Å². The Morgan fingerprint density at radius 2 is 2.40 bits per heavy atom. The van der Waals surface area contributed by atoms with E-state index in [4.69, 9.17) is 0 Å². The largest absolute Gasteiger partial charge is 0.391 e. The number of aliphatic hydroxyl groups excluding tert-OH is 1. The molecule has 0 radical (unpaired) electrons. The van der Waals surface area contributed by atoms with E-state index in [-0.39, 0.29) is 12.1 Å². The lowest BCUT2D eigenvalue weighted by atomic mass is 10.1. The zero-order valence-corrected chi connectivity index (χ0v) is 6.59. The fraction of sp³-hybridized carbons (Fsp3) is 0.750. The maximum Gasteiger partial charge on any atom is 0.0727 e. The Morgan fingerprint density at radius 1 is 1.70 bits per heavy atom.